The summed E-state index contributed by atoms with van der Waals surface area (Å²) in [4.78, 5) is 11.7. The van der Waals surface area contributed by atoms with Crippen LogP contribution < -0.4 is 4.74 Å². The maximum atomic E-state index is 11.0. The van der Waals surface area contributed by atoms with Crippen LogP contribution in [0.3, 0.4) is 0 Å². The summed E-state index contributed by atoms with van der Waals surface area (Å²) in [6.07, 6.45) is 2.30. The largest absolute Gasteiger partial charge is 0.486 e. The van der Waals surface area contributed by atoms with Gasteiger partial charge in [-0.3, -0.25) is 14.7 Å². The summed E-state index contributed by atoms with van der Waals surface area (Å²) in [5.41, 5.74) is -0.0152. The molecule has 0 radical (unpaired) electrons. The summed E-state index contributed by atoms with van der Waals surface area (Å²) in [6, 6.07) is 11.0. The van der Waals surface area contributed by atoms with Gasteiger partial charge in [0.15, 0.2) is 16.7 Å². The van der Waals surface area contributed by atoms with E-state index >= 15 is 0 Å². The van der Waals surface area contributed by atoms with Crippen LogP contribution in [0.15, 0.2) is 46.9 Å². The van der Waals surface area contributed by atoms with Gasteiger partial charge in [-0.25, -0.2) is 0 Å². The molecule has 0 N–H and O–H groups in total. The SMILES string of the molecule is O=[N+]([O-])c1ccccc1OCCSc1nnc(-c2cccs2)n1C1CC1. The topological polar surface area (TPSA) is 83.1 Å². The van der Waals surface area contributed by atoms with Gasteiger partial charge in [-0.05, 0) is 30.4 Å². The van der Waals surface area contributed by atoms with E-state index in [4.69, 9.17) is 4.74 Å². The second-order valence-electron chi connectivity index (χ2n) is 5.81. The molecule has 0 bridgehead atoms. The number of nitrogens with zero attached hydrogens (tertiary/aromatic N) is 4. The number of aromatic nitrogens is 3. The highest BCUT2D eigenvalue weighted by atomic mass is 32.2. The molecule has 0 unspecified atom stereocenters. The zero-order valence-corrected chi connectivity index (χ0v) is 15.4. The molecule has 1 aliphatic carbocycles. The molecule has 0 saturated heterocycles. The van der Waals surface area contributed by atoms with Gasteiger partial charge in [0.05, 0.1) is 16.4 Å². The van der Waals surface area contributed by atoms with E-state index in [1.54, 1.807) is 41.3 Å². The zero-order chi connectivity index (χ0) is 17.9. The molecular formula is C17H16N4O3S2. The number of ether oxygens (including phenoxy) is 1. The number of hydrogen-bond donors (Lipinski definition) is 0. The third-order valence-corrected chi connectivity index (χ3v) is 5.73. The summed E-state index contributed by atoms with van der Waals surface area (Å²) < 4.78 is 7.81. The van der Waals surface area contributed by atoms with E-state index in [9.17, 15) is 10.1 Å². The van der Waals surface area contributed by atoms with Gasteiger partial charge in [-0.15, -0.1) is 21.5 Å². The number of nitro groups is 1. The number of benzene rings is 1. The van der Waals surface area contributed by atoms with Gasteiger partial charge >= 0.3 is 5.69 Å². The molecule has 4 rings (SSSR count). The fourth-order valence-electron chi connectivity index (χ4n) is 2.63. The van der Waals surface area contributed by atoms with E-state index in [0.717, 1.165) is 28.7 Å². The fourth-order valence-corrected chi connectivity index (χ4v) is 4.15. The highest BCUT2D eigenvalue weighted by Crippen LogP contribution is 2.41. The molecule has 2 heterocycles. The molecule has 134 valence electrons. The van der Waals surface area contributed by atoms with Crippen molar-refractivity contribution in [3.63, 3.8) is 0 Å². The lowest BCUT2D eigenvalue weighted by molar-refractivity contribution is -0.385. The smallest absolute Gasteiger partial charge is 0.310 e. The predicted octanol–water partition coefficient (Wildman–Crippen LogP) is 4.42. The number of hydrogen-bond acceptors (Lipinski definition) is 7. The van der Waals surface area contributed by atoms with Crippen LogP contribution in [0.2, 0.25) is 0 Å². The van der Waals surface area contributed by atoms with Crippen molar-refractivity contribution in [2.45, 2.75) is 24.0 Å². The summed E-state index contributed by atoms with van der Waals surface area (Å²) in [6.45, 7) is 0.362. The van der Waals surface area contributed by atoms with Crippen LogP contribution >= 0.6 is 23.1 Å². The molecule has 7 nitrogen and oxygen atoms in total. The molecular weight excluding hydrogens is 372 g/mol. The van der Waals surface area contributed by atoms with E-state index in [2.05, 4.69) is 20.8 Å². The van der Waals surface area contributed by atoms with Crippen molar-refractivity contribution in [2.75, 3.05) is 12.4 Å². The van der Waals surface area contributed by atoms with Gasteiger partial charge in [0.25, 0.3) is 0 Å². The summed E-state index contributed by atoms with van der Waals surface area (Å²) in [5, 5.41) is 22.6. The normalized spacial score (nSPS) is 13.7. The minimum atomic E-state index is -0.431. The molecule has 1 aliphatic rings. The Labute approximate surface area is 158 Å². The molecule has 0 amide bonds. The maximum absolute atomic E-state index is 11.0. The average molecular weight is 388 g/mol. The molecule has 1 saturated carbocycles. The monoisotopic (exact) mass is 388 g/mol. The molecule has 0 spiro atoms. The Morgan fingerprint density at radius 1 is 1.27 bits per heavy atom. The van der Waals surface area contributed by atoms with Crippen LogP contribution in [0.5, 0.6) is 5.75 Å². The van der Waals surface area contributed by atoms with E-state index in [0.29, 0.717) is 24.2 Å². The second-order valence-corrected chi connectivity index (χ2v) is 7.82. The van der Waals surface area contributed by atoms with Gasteiger partial charge in [0, 0.05) is 17.9 Å². The Bertz CT molecular complexity index is 907. The quantitative estimate of drug-likeness (QED) is 0.246. The minimum Gasteiger partial charge on any atom is -0.486 e. The molecule has 9 heteroatoms. The highest BCUT2D eigenvalue weighted by molar-refractivity contribution is 7.99. The Hall–Kier alpha value is -2.39. The van der Waals surface area contributed by atoms with Crippen molar-refractivity contribution in [2.24, 2.45) is 0 Å². The molecule has 0 aliphatic heterocycles. The van der Waals surface area contributed by atoms with Gasteiger partial charge in [-0.1, -0.05) is 30.0 Å². The van der Waals surface area contributed by atoms with Crippen LogP contribution in [0, 0.1) is 10.1 Å². The molecule has 0 atom stereocenters. The number of thioether (sulfide) groups is 1. The van der Waals surface area contributed by atoms with Gasteiger partial charge in [-0.2, -0.15) is 0 Å². The van der Waals surface area contributed by atoms with E-state index in [1.165, 1.54) is 6.07 Å². The summed E-state index contributed by atoms with van der Waals surface area (Å²) in [7, 11) is 0. The molecule has 1 fully saturated rings. The zero-order valence-electron chi connectivity index (χ0n) is 13.8. The lowest BCUT2D eigenvalue weighted by Gasteiger charge is -2.08. The molecule has 3 aromatic rings. The highest BCUT2D eigenvalue weighted by Gasteiger charge is 2.30. The van der Waals surface area contributed by atoms with Crippen LogP contribution in [-0.2, 0) is 0 Å². The Kier molecular flexibility index (Phi) is 4.89. The van der Waals surface area contributed by atoms with Crippen LogP contribution in [-0.4, -0.2) is 32.0 Å². The van der Waals surface area contributed by atoms with Gasteiger partial charge in [0.1, 0.15) is 0 Å². The van der Waals surface area contributed by atoms with Crippen molar-refractivity contribution in [1.29, 1.82) is 0 Å². The first kappa shape index (κ1) is 17.0. The first-order chi connectivity index (χ1) is 12.7. The Balaban J connectivity index is 1.41. The first-order valence-electron chi connectivity index (χ1n) is 8.22. The van der Waals surface area contributed by atoms with E-state index < -0.39 is 4.92 Å². The van der Waals surface area contributed by atoms with Crippen molar-refractivity contribution in [1.82, 2.24) is 14.8 Å². The lowest BCUT2D eigenvalue weighted by atomic mass is 10.3. The lowest BCUT2D eigenvalue weighted by Crippen LogP contribution is -2.04. The van der Waals surface area contributed by atoms with Crippen molar-refractivity contribution < 1.29 is 9.66 Å². The summed E-state index contributed by atoms with van der Waals surface area (Å²) in [5.74, 6) is 1.85. The third-order valence-electron chi connectivity index (χ3n) is 3.95. The van der Waals surface area contributed by atoms with Crippen LogP contribution in [0.25, 0.3) is 10.7 Å². The average Bonchev–Trinajstić information content (AvgIpc) is 3.17. The van der Waals surface area contributed by atoms with Crippen LogP contribution in [0.1, 0.15) is 18.9 Å². The number of rotatable bonds is 8. The number of thiophene rings is 1. The Morgan fingerprint density at radius 3 is 2.85 bits per heavy atom. The van der Waals surface area contributed by atoms with Crippen LogP contribution in [0.4, 0.5) is 5.69 Å². The van der Waals surface area contributed by atoms with E-state index in [1.807, 2.05) is 11.4 Å². The predicted molar refractivity (Wildman–Crippen MR) is 101 cm³/mol. The van der Waals surface area contributed by atoms with Gasteiger partial charge in [0.2, 0.25) is 0 Å². The van der Waals surface area contributed by atoms with Gasteiger partial charge < -0.3 is 4.74 Å². The van der Waals surface area contributed by atoms with Crippen molar-refractivity contribution >= 4 is 28.8 Å². The minimum absolute atomic E-state index is 0.0152. The second kappa shape index (κ2) is 7.46. The summed E-state index contributed by atoms with van der Waals surface area (Å²) >= 11 is 3.22. The Morgan fingerprint density at radius 2 is 2.12 bits per heavy atom. The van der Waals surface area contributed by atoms with Crippen molar-refractivity contribution in [3.05, 3.63) is 51.9 Å². The number of nitro benzene ring substituents is 1. The third kappa shape index (κ3) is 3.58. The maximum Gasteiger partial charge on any atom is 0.310 e. The van der Waals surface area contributed by atoms with E-state index in [-0.39, 0.29) is 5.69 Å². The molecule has 1 aromatic carbocycles. The van der Waals surface area contributed by atoms with Crippen molar-refractivity contribution in [3.8, 4) is 16.5 Å². The number of para-hydroxylation sites is 2. The molecule has 2 aromatic heterocycles. The first-order valence-corrected chi connectivity index (χ1v) is 10.1. The fraction of sp³-hybridized carbons (Fsp3) is 0.294. The standard InChI is InChI=1S/C17H16N4O3S2/c22-21(23)13-4-1-2-5-14(13)24-9-11-26-17-19-18-16(15-6-3-10-25-15)20(17)12-7-8-12/h1-6,10,12H,7-9,11H2. The molecule has 26 heavy (non-hydrogen) atoms.